The minimum Gasteiger partial charge on any atom is -0.465 e. The predicted molar refractivity (Wildman–Crippen MR) is 112 cm³/mol. The van der Waals surface area contributed by atoms with Crippen LogP contribution in [0.3, 0.4) is 0 Å². The van der Waals surface area contributed by atoms with Crippen LogP contribution in [-0.4, -0.2) is 41.4 Å². The van der Waals surface area contributed by atoms with Crippen LogP contribution >= 0.6 is 22.6 Å². The van der Waals surface area contributed by atoms with Crippen molar-refractivity contribution in [3.8, 4) is 6.07 Å². The summed E-state index contributed by atoms with van der Waals surface area (Å²) in [4.78, 5) is 38.8. The number of carbonyl (C=O) groups excluding carboxylic acids is 3. The molecule has 1 fully saturated rings. The van der Waals surface area contributed by atoms with Gasteiger partial charge in [-0.1, -0.05) is 18.2 Å². The summed E-state index contributed by atoms with van der Waals surface area (Å²) in [5.74, 6) is -3.07. The number of esters is 1. The Labute approximate surface area is 181 Å². The van der Waals surface area contributed by atoms with E-state index in [4.69, 9.17) is 16.2 Å². The number of fused-ring (bicyclic) bond motifs is 1. The van der Waals surface area contributed by atoms with E-state index in [9.17, 15) is 19.6 Å². The summed E-state index contributed by atoms with van der Waals surface area (Å²) in [7, 11) is 0. The van der Waals surface area contributed by atoms with Crippen LogP contribution in [0.1, 0.15) is 18.4 Å². The van der Waals surface area contributed by atoms with Crippen molar-refractivity contribution in [2.24, 2.45) is 16.9 Å². The number of nitrogens with two attached hydrogens (primary N) is 2. The van der Waals surface area contributed by atoms with Crippen LogP contribution in [0.5, 0.6) is 0 Å². The van der Waals surface area contributed by atoms with E-state index in [0.29, 0.717) is 5.56 Å². The number of halogens is 1. The van der Waals surface area contributed by atoms with Crippen LogP contribution in [0.2, 0.25) is 0 Å². The van der Waals surface area contributed by atoms with Gasteiger partial charge in [0.2, 0.25) is 11.8 Å². The molecule has 2 aliphatic heterocycles. The Bertz CT molecular complexity index is 983. The molecule has 1 saturated heterocycles. The molecule has 1 aromatic rings. The molecule has 0 radical (unpaired) electrons. The highest BCUT2D eigenvalue weighted by Crippen LogP contribution is 2.53. The minimum absolute atomic E-state index is 0.0708. The smallest absolute Gasteiger partial charge is 0.329 e. The topological polar surface area (TPSA) is 140 Å². The average Bonchev–Trinajstić information content (AvgIpc) is 2.99. The van der Waals surface area contributed by atoms with E-state index in [2.05, 4.69) is 28.7 Å². The summed E-state index contributed by atoms with van der Waals surface area (Å²) in [6.45, 7) is 1.71. The van der Waals surface area contributed by atoms with Crippen LogP contribution in [-0.2, 0) is 19.1 Å². The van der Waals surface area contributed by atoms with Crippen molar-refractivity contribution in [3.05, 3.63) is 57.3 Å². The molecule has 2 heterocycles. The lowest BCUT2D eigenvalue weighted by molar-refractivity contribution is -0.153. The number of benzene rings is 1. The number of nitriles is 1. The molecule has 0 spiro atoms. The number of amides is 2. The molecule has 1 aromatic carbocycles. The van der Waals surface area contributed by atoms with Gasteiger partial charge in [0, 0.05) is 15.7 Å². The van der Waals surface area contributed by atoms with Gasteiger partial charge >= 0.3 is 5.97 Å². The predicted octanol–water partition coefficient (Wildman–Crippen LogP) is 0.925. The number of hydrogen-bond acceptors (Lipinski definition) is 6. The van der Waals surface area contributed by atoms with Crippen molar-refractivity contribution in [3.63, 3.8) is 0 Å². The first-order valence-electron chi connectivity index (χ1n) is 8.88. The monoisotopic (exact) mass is 506 g/mol. The van der Waals surface area contributed by atoms with Crippen LogP contribution in [0.15, 0.2) is 48.2 Å². The fourth-order valence-electron chi connectivity index (χ4n) is 4.11. The number of rotatable bonds is 5. The normalized spacial score (nSPS) is 27.6. The van der Waals surface area contributed by atoms with Crippen LogP contribution in [0.25, 0.3) is 0 Å². The van der Waals surface area contributed by atoms with Crippen LogP contribution < -0.4 is 11.5 Å². The van der Waals surface area contributed by atoms with E-state index in [1.807, 2.05) is 6.07 Å². The third-order valence-electron chi connectivity index (χ3n) is 5.24. The number of carbonyl (C=O) groups is 3. The Kier molecular flexibility index (Phi) is 5.66. The molecule has 0 aromatic heterocycles. The molecule has 0 saturated carbocycles. The van der Waals surface area contributed by atoms with Gasteiger partial charge in [-0.15, -0.1) is 0 Å². The van der Waals surface area contributed by atoms with Gasteiger partial charge in [0.15, 0.2) is 5.41 Å². The third-order valence-corrected chi connectivity index (χ3v) is 5.91. The number of hydrogen-bond donors (Lipinski definition) is 2. The molecule has 29 heavy (non-hydrogen) atoms. The van der Waals surface area contributed by atoms with Crippen molar-refractivity contribution < 1.29 is 19.1 Å². The largest absolute Gasteiger partial charge is 0.465 e. The minimum atomic E-state index is -1.74. The standard InChI is InChI=1S/C20H19IN4O4/c1-2-29-19(28)20(10-22)14-7-6-12(17(23)26)9-25(14)16(18(24)27)15(20)11-4-3-5-13(21)8-11/h3-9,14-16H,2H2,1H3,(H2,23,26)(H2,24,27)/t14-,15+,16+,20-/m1/s1. The highest BCUT2D eigenvalue weighted by Gasteiger charge is 2.66. The second kappa shape index (κ2) is 7.87. The Morgan fingerprint density at radius 2 is 2.07 bits per heavy atom. The SMILES string of the molecule is CCOC(=O)[C@@]1(C#N)[C@@H](c2cccc(I)c2)[C@@H](C(N)=O)N2C=C(C(N)=O)C=C[C@@H]21. The van der Waals surface area contributed by atoms with Crippen molar-refractivity contribution >= 4 is 40.4 Å². The number of nitrogens with zero attached hydrogens (tertiary/aromatic N) is 2. The zero-order chi connectivity index (χ0) is 21.3. The second-order valence-electron chi connectivity index (χ2n) is 6.78. The molecule has 4 N–H and O–H groups in total. The molecule has 4 atom stereocenters. The molecule has 2 amide bonds. The molecular formula is C20H19IN4O4. The maximum atomic E-state index is 13.1. The quantitative estimate of drug-likeness (QED) is 0.450. The van der Waals surface area contributed by atoms with E-state index in [1.54, 1.807) is 25.1 Å². The molecule has 8 nitrogen and oxygen atoms in total. The third kappa shape index (κ3) is 3.27. The molecule has 9 heteroatoms. The Hall–Kier alpha value is -2.87. The first kappa shape index (κ1) is 20.9. The van der Waals surface area contributed by atoms with E-state index < -0.39 is 41.2 Å². The van der Waals surface area contributed by atoms with Gasteiger partial charge in [0.25, 0.3) is 0 Å². The highest BCUT2D eigenvalue weighted by molar-refractivity contribution is 14.1. The fourth-order valence-corrected chi connectivity index (χ4v) is 4.67. The van der Waals surface area contributed by atoms with Gasteiger partial charge in [-0.2, -0.15) is 5.26 Å². The lowest BCUT2D eigenvalue weighted by atomic mass is 9.68. The fraction of sp³-hybridized carbons (Fsp3) is 0.300. The van der Waals surface area contributed by atoms with Gasteiger partial charge in [-0.25, -0.2) is 0 Å². The Balaban J connectivity index is 2.30. The molecule has 0 unspecified atom stereocenters. The van der Waals surface area contributed by atoms with Crippen molar-refractivity contribution in [1.29, 1.82) is 5.26 Å². The Morgan fingerprint density at radius 3 is 2.62 bits per heavy atom. The van der Waals surface area contributed by atoms with E-state index in [1.165, 1.54) is 23.3 Å². The van der Waals surface area contributed by atoms with Crippen molar-refractivity contribution in [2.75, 3.05) is 6.61 Å². The summed E-state index contributed by atoms with van der Waals surface area (Å²) < 4.78 is 6.13. The number of ether oxygens (including phenoxy) is 1. The molecular weight excluding hydrogens is 487 g/mol. The highest BCUT2D eigenvalue weighted by atomic mass is 127. The summed E-state index contributed by atoms with van der Waals surface area (Å²) in [6.07, 6.45) is 4.37. The van der Waals surface area contributed by atoms with Gasteiger partial charge in [-0.05, 0) is 53.3 Å². The van der Waals surface area contributed by atoms with Gasteiger partial charge < -0.3 is 21.1 Å². The number of primary amides is 2. The average molecular weight is 506 g/mol. The van der Waals surface area contributed by atoms with Gasteiger partial charge in [-0.3, -0.25) is 14.4 Å². The van der Waals surface area contributed by atoms with Crippen LogP contribution in [0.4, 0.5) is 0 Å². The van der Waals surface area contributed by atoms with Crippen molar-refractivity contribution in [1.82, 2.24) is 4.90 Å². The summed E-state index contributed by atoms with van der Waals surface area (Å²) >= 11 is 2.11. The first-order chi connectivity index (χ1) is 13.8. The van der Waals surface area contributed by atoms with E-state index in [0.717, 1.165) is 3.57 Å². The zero-order valence-corrected chi connectivity index (χ0v) is 17.7. The molecule has 150 valence electrons. The molecule has 0 bridgehead atoms. The van der Waals surface area contributed by atoms with Gasteiger partial charge in [0.05, 0.1) is 24.3 Å². The van der Waals surface area contributed by atoms with Crippen molar-refractivity contribution in [2.45, 2.75) is 24.9 Å². The lowest BCUT2D eigenvalue weighted by Gasteiger charge is -2.32. The molecule has 0 aliphatic carbocycles. The maximum Gasteiger partial charge on any atom is 0.329 e. The summed E-state index contributed by atoms with van der Waals surface area (Å²) in [6, 6.07) is 7.41. The lowest BCUT2D eigenvalue weighted by Crippen LogP contribution is -2.45. The summed E-state index contributed by atoms with van der Waals surface area (Å²) in [5.41, 5.74) is 10.1. The van der Waals surface area contributed by atoms with Crippen LogP contribution in [0, 0.1) is 20.3 Å². The van der Waals surface area contributed by atoms with Gasteiger partial charge in [0.1, 0.15) is 6.04 Å². The second-order valence-corrected chi connectivity index (χ2v) is 8.03. The molecule has 2 aliphatic rings. The first-order valence-corrected chi connectivity index (χ1v) is 9.96. The van der Waals surface area contributed by atoms with E-state index >= 15 is 0 Å². The maximum absolute atomic E-state index is 13.1. The van der Waals surface area contributed by atoms with E-state index in [-0.39, 0.29) is 12.2 Å². The zero-order valence-electron chi connectivity index (χ0n) is 15.5. The Morgan fingerprint density at radius 1 is 1.34 bits per heavy atom. The summed E-state index contributed by atoms with van der Waals surface area (Å²) in [5, 5.41) is 10.3. The molecule has 3 rings (SSSR count).